The van der Waals surface area contributed by atoms with Crippen LogP contribution in [0.5, 0.6) is 0 Å². The smallest absolute Gasteiger partial charge is 0.280 e. The second-order valence-electron chi connectivity index (χ2n) is 5.24. The Labute approximate surface area is 159 Å². The summed E-state index contributed by atoms with van der Waals surface area (Å²) in [4.78, 5) is 12.6. The maximum absolute atomic E-state index is 12.6. The molecule has 1 aromatic carbocycles. The topological polar surface area (TPSA) is 94.8 Å². The van der Waals surface area contributed by atoms with E-state index in [2.05, 4.69) is 32.7 Å². The van der Waals surface area contributed by atoms with Crippen molar-refractivity contribution in [2.45, 2.75) is 24.3 Å². The van der Waals surface area contributed by atoms with Gasteiger partial charge in [0.1, 0.15) is 5.69 Å². The third-order valence-corrected chi connectivity index (χ3v) is 5.49. The number of para-hydroxylation sites is 1. The molecule has 2 heterocycles. The zero-order valence-electron chi connectivity index (χ0n) is 14.4. The Morgan fingerprint density at radius 3 is 2.81 bits per heavy atom. The summed E-state index contributed by atoms with van der Waals surface area (Å²) in [5, 5.41) is 19.4. The Morgan fingerprint density at radius 2 is 2.08 bits per heavy atom. The van der Waals surface area contributed by atoms with Gasteiger partial charge in [-0.15, -0.1) is 15.3 Å². The molecule has 2 aromatic heterocycles. The third-order valence-electron chi connectivity index (χ3n) is 3.32. The molecule has 0 saturated carbocycles. The number of ether oxygens (including phenoxy) is 1. The third kappa shape index (κ3) is 4.26. The fourth-order valence-electron chi connectivity index (χ4n) is 2.19. The van der Waals surface area contributed by atoms with Crippen LogP contribution in [0.1, 0.15) is 29.5 Å². The zero-order valence-corrected chi connectivity index (χ0v) is 16.0. The number of rotatable bonds is 8. The van der Waals surface area contributed by atoms with Crippen LogP contribution in [0, 0.1) is 0 Å². The van der Waals surface area contributed by atoms with Crippen LogP contribution in [0.4, 0.5) is 5.13 Å². The van der Waals surface area contributed by atoms with E-state index in [-0.39, 0.29) is 18.2 Å². The molecule has 10 heteroatoms. The van der Waals surface area contributed by atoms with E-state index in [1.165, 1.54) is 11.3 Å². The lowest BCUT2D eigenvalue weighted by Gasteiger charge is -2.06. The lowest BCUT2D eigenvalue weighted by molar-refractivity contribution is 0.101. The zero-order chi connectivity index (χ0) is 18.4. The number of amides is 1. The summed E-state index contributed by atoms with van der Waals surface area (Å²) in [6.07, 6.45) is 1.05. The Balaban J connectivity index is 1.81. The Kier molecular flexibility index (Phi) is 6.31. The van der Waals surface area contributed by atoms with Gasteiger partial charge in [0.2, 0.25) is 5.13 Å². The van der Waals surface area contributed by atoms with Crippen molar-refractivity contribution in [2.24, 2.45) is 0 Å². The van der Waals surface area contributed by atoms with Gasteiger partial charge < -0.3 is 4.74 Å². The predicted molar refractivity (Wildman–Crippen MR) is 101 cm³/mol. The van der Waals surface area contributed by atoms with E-state index >= 15 is 0 Å². The van der Waals surface area contributed by atoms with Crippen LogP contribution in [-0.4, -0.2) is 44.0 Å². The van der Waals surface area contributed by atoms with Crippen LogP contribution in [0.3, 0.4) is 0 Å². The largest absolute Gasteiger partial charge is 0.378 e. The molecular weight excluding hydrogens is 372 g/mol. The number of carbonyl (C=O) groups is 1. The highest BCUT2D eigenvalue weighted by molar-refractivity contribution is 8.01. The summed E-state index contributed by atoms with van der Waals surface area (Å²) in [5.74, 6) is 0.578. The normalized spacial score (nSPS) is 10.8. The first-order valence-corrected chi connectivity index (χ1v) is 9.79. The molecule has 0 aliphatic heterocycles. The van der Waals surface area contributed by atoms with E-state index < -0.39 is 0 Å². The van der Waals surface area contributed by atoms with Crippen molar-refractivity contribution in [3.05, 3.63) is 41.7 Å². The van der Waals surface area contributed by atoms with Crippen LogP contribution in [0.15, 0.2) is 34.7 Å². The Morgan fingerprint density at radius 1 is 1.27 bits per heavy atom. The van der Waals surface area contributed by atoms with Gasteiger partial charge in [0.25, 0.3) is 5.91 Å². The molecule has 1 amide bonds. The first-order valence-electron chi connectivity index (χ1n) is 7.99. The average molecular weight is 390 g/mol. The standard InChI is InChI=1S/C16H18N6O2S2/c1-3-9-25-16-20-19-15(26-16)17-14(23)13-12(10-24-2)22(21-18-13)11-7-5-4-6-8-11/h4-8H,3,9-10H2,1-2H3,(H,17,19,23). The second kappa shape index (κ2) is 8.88. The number of hydrogen-bond donors (Lipinski definition) is 1. The Hall–Kier alpha value is -2.30. The number of nitrogens with one attached hydrogen (secondary N) is 1. The molecule has 0 unspecified atom stereocenters. The van der Waals surface area contributed by atoms with E-state index in [4.69, 9.17) is 4.74 Å². The molecular formula is C16H18N6O2S2. The maximum Gasteiger partial charge on any atom is 0.280 e. The van der Waals surface area contributed by atoms with Crippen LogP contribution in [0.25, 0.3) is 5.69 Å². The van der Waals surface area contributed by atoms with Crippen LogP contribution in [0.2, 0.25) is 0 Å². The minimum atomic E-state index is -0.387. The van der Waals surface area contributed by atoms with Crippen molar-refractivity contribution in [3.63, 3.8) is 0 Å². The molecule has 0 bridgehead atoms. The molecule has 0 spiro atoms. The number of anilines is 1. The van der Waals surface area contributed by atoms with Crippen molar-refractivity contribution < 1.29 is 9.53 Å². The first kappa shape index (κ1) is 18.5. The number of methoxy groups -OCH3 is 1. The highest BCUT2D eigenvalue weighted by atomic mass is 32.2. The fourth-order valence-corrected chi connectivity index (χ4v) is 3.86. The van der Waals surface area contributed by atoms with Crippen molar-refractivity contribution in [1.82, 2.24) is 25.2 Å². The molecule has 26 heavy (non-hydrogen) atoms. The van der Waals surface area contributed by atoms with Crippen molar-refractivity contribution in [3.8, 4) is 5.69 Å². The van der Waals surface area contributed by atoms with Gasteiger partial charge in [-0.3, -0.25) is 10.1 Å². The van der Waals surface area contributed by atoms with Gasteiger partial charge in [-0.1, -0.05) is 53.4 Å². The van der Waals surface area contributed by atoms with E-state index in [1.807, 2.05) is 30.3 Å². The van der Waals surface area contributed by atoms with Gasteiger partial charge >= 0.3 is 0 Å². The summed E-state index contributed by atoms with van der Waals surface area (Å²) in [5.41, 5.74) is 1.58. The average Bonchev–Trinajstić information content (AvgIpc) is 3.28. The number of hydrogen-bond acceptors (Lipinski definition) is 8. The number of benzene rings is 1. The molecule has 0 aliphatic carbocycles. The first-order chi connectivity index (χ1) is 12.7. The van der Waals surface area contributed by atoms with Gasteiger partial charge in [-0.05, 0) is 18.6 Å². The van der Waals surface area contributed by atoms with Gasteiger partial charge in [0.15, 0.2) is 10.0 Å². The molecule has 136 valence electrons. The molecule has 3 rings (SSSR count). The SMILES string of the molecule is CCCSc1nnc(NC(=O)c2nnn(-c3ccccc3)c2COC)s1. The van der Waals surface area contributed by atoms with Crippen LogP contribution >= 0.6 is 23.1 Å². The molecule has 0 radical (unpaired) electrons. The fraction of sp³-hybridized carbons (Fsp3) is 0.312. The molecule has 1 N–H and O–H groups in total. The van der Waals surface area contributed by atoms with Crippen LogP contribution in [-0.2, 0) is 11.3 Å². The number of carbonyl (C=O) groups excluding carboxylic acids is 1. The summed E-state index contributed by atoms with van der Waals surface area (Å²) >= 11 is 2.96. The van der Waals surface area contributed by atoms with Gasteiger partial charge in [-0.2, -0.15) is 0 Å². The van der Waals surface area contributed by atoms with Crippen molar-refractivity contribution >= 4 is 34.1 Å². The molecule has 0 saturated heterocycles. The number of nitrogens with zero attached hydrogens (tertiary/aromatic N) is 5. The van der Waals surface area contributed by atoms with E-state index in [0.29, 0.717) is 10.8 Å². The minimum absolute atomic E-state index is 0.202. The molecule has 0 atom stereocenters. The monoisotopic (exact) mass is 390 g/mol. The summed E-state index contributed by atoms with van der Waals surface area (Å²) in [6.45, 7) is 2.31. The van der Waals surface area contributed by atoms with E-state index in [0.717, 1.165) is 22.2 Å². The highest BCUT2D eigenvalue weighted by Gasteiger charge is 2.21. The number of aromatic nitrogens is 5. The van der Waals surface area contributed by atoms with E-state index in [9.17, 15) is 4.79 Å². The van der Waals surface area contributed by atoms with Gasteiger partial charge in [0.05, 0.1) is 12.3 Å². The molecule has 3 aromatic rings. The lowest BCUT2D eigenvalue weighted by Crippen LogP contribution is -2.16. The summed E-state index contributed by atoms with van der Waals surface area (Å²) < 4.78 is 7.65. The quantitative estimate of drug-likeness (QED) is 0.466. The van der Waals surface area contributed by atoms with Crippen molar-refractivity contribution in [2.75, 3.05) is 18.2 Å². The number of thioether (sulfide) groups is 1. The van der Waals surface area contributed by atoms with Gasteiger partial charge in [0, 0.05) is 12.9 Å². The van der Waals surface area contributed by atoms with E-state index in [1.54, 1.807) is 23.6 Å². The molecule has 0 aliphatic rings. The maximum atomic E-state index is 12.6. The van der Waals surface area contributed by atoms with Gasteiger partial charge in [-0.25, -0.2) is 4.68 Å². The van der Waals surface area contributed by atoms with Crippen LogP contribution < -0.4 is 5.32 Å². The predicted octanol–water partition coefficient (Wildman–Crippen LogP) is 3.02. The van der Waals surface area contributed by atoms with Crippen molar-refractivity contribution in [1.29, 1.82) is 0 Å². The summed E-state index contributed by atoms with van der Waals surface area (Å²) in [7, 11) is 1.56. The second-order valence-corrected chi connectivity index (χ2v) is 7.56. The molecule has 8 nitrogen and oxygen atoms in total. The molecule has 0 fully saturated rings. The lowest BCUT2D eigenvalue weighted by atomic mass is 10.2. The highest BCUT2D eigenvalue weighted by Crippen LogP contribution is 2.26. The minimum Gasteiger partial charge on any atom is -0.378 e. The summed E-state index contributed by atoms with van der Waals surface area (Å²) in [6, 6.07) is 9.47. The Bertz CT molecular complexity index is 865.